The topological polar surface area (TPSA) is 96.0 Å². The molecule has 0 amide bonds. The van der Waals surface area contributed by atoms with Crippen molar-refractivity contribution in [2.24, 2.45) is 0 Å². The number of morpholine rings is 1. The van der Waals surface area contributed by atoms with Gasteiger partial charge >= 0.3 is 0 Å². The molecule has 2 aromatic rings. The van der Waals surface area contributed by atoms with Crippen molar-refractivity contribution < 1.29 is 4.74 Å². The summed E-state index contributed by atoms with van der Waals surface area (Å²) in [7, 11) is 2.19. The Morgan fingerprint density at radius 1 is 0.345 bits per heavy atom. The Hall–Kier alpha value is -2.11. The lowest BCUT2D eigenvalue weighted by Gasteiger charge is -2.34. The molecule has 0 spiro atoms. The zero-order valence-electron chi connectivity index (χ0n) is 57.9. The van der Waals surface area contributed by atoms with E-state index >= 15 is 0 Å². The van der Waals surface area contributed by atoms with Crippen LogP contribution in [-0.2, 0) is 4.74 Å². The van der Waals surface area contributed by atoms with Gasteiger partial charge in [0.15, 0.2) is 0 Å². The van der Waals surface area contributed by atoms with E-state index < -0.39 is 0 Å². The van der Waals surface area contributed by atoms with E-state index in [0.29, 0.717) is 23.9 Å². The fourth-order valence-corrected chi connectivity index (χ4v) is 10.9. The van der Waals surface area contributed by atoms with E-state index in [0.717, 1.165) is 69.1 Å². The Labute approximate surface area is 547 Å². The number of likely N-dealkylation sites (tertiary alicyclic amines) is 4. The van der Waals surface area contributed by atoms with Gasteiger partial charge in [0.1, 0.15) is 5.82 Å². The number of nitrogens with one attached hydrogen (secondary N) is 1. The number of hydrogen-bond acceptors (Lipinski definition) is 12. The first-order valence-electron chi connectivity index (χ1n) is 34.1. The third-order valence-electron chi connectivity index (χ3n) is 17.1. The second-order valence-electron chi connectivity index (χ2n) is 26.7. The third-order valence-corrected chi connectivity index (χ3v) is 17.1. The van der Waals surface area contributed by atoms with Crippen molar-refractivity contribution in [2.45, 2.75) is 300 Å². The van der Waals surface area contributed by atoms with Crippen LogP contribution in [0.4, 0.5) is 5.82 Å². The van der Waals surface area contributed by atoms with Crippen LogP contribution in [0.2, 0.25) is 0 Å². The van der Waals surface area contributed by atoms with E-state index in [1.807, 2.05) is 22.9 Å². The first-order valence-corrected chi connectivity index (χ1v) is 34.1. The van der Waals surface area contributed by atoms with Crippen LogP contribution < -0.4 is 11.1 Å². The fraction of sp³-hybridized carbons (Fsp3) is 0.904. The monoisotopic (exact) mass is 1240 g/mol. The van der Waals surface area contributed by atoms with E-state index in [9.17, 15) is 0 Å². The molecule has 7 saturated heterocycles. The molecule has 0 aromatic carbocycles. The van der Waals surface area contributed by atoms with Gasteiger partial charge in [0.2, 0.25) is 0 Å². The molecule has 14 nitrogen and oxygen atoms in total. The molecule has 524 valence electrons. The van der Waals surface area contributed by atoms with Gasteiger partial charge in [0, 0.05) is 125 Å². The van der Waals surface area contributed by atoms with Crippen LogP contribution >= 0.6 is 0 Å². The smallest absolute Gasteiger partial charge is 0.141 e. The number of nitrogens with two attached hydrogens (primary N) is 1. The highest BCUT2D eigenvalue weighted by atomic mass is 16.5. The molecular weight excluding hydrogens is 1070 g/mol. The number of nitrogen functional groups attached to an aromatic ring is 1. The summed E-state index contributed by atoms with van der Waals surface area (Å²) in [5, 5.41) is 3.39. The third kappa shape index (κ3) is 47.4. The Morgan fingerprint density at radius 3 is 0.908 bits per heavy atom. The molecule has 7 fully saturated rings. The minimum atomic E-state index is 0. The van der Waals surface area contributed by atoms with Crippen molar-refractivity contribution in [3.05, 3.63) is 37.1 Å². The number of rotatable bonds is 9. The molecule has 0 atom stereocenters. The summed E-state index contributed by atoms with van der Waals surface area (Å²) in [5.41, 5.74) is 5.38. The minimum absolute atomic E-state index is 0. The zero-order valence-corrected chi connectivity index (χ0v) is 57.9. The molecular formula is C73H161N13O. The average molecular weight is 1240 g/mol. The van der Waals surface area contributed by atoms with Gasteiger partial charge in [-0.2, -0.15) is 0 Å². The number of aromatic nitrogens is 3. The van der Waals surface area contributed by atoms with Crippen LogP contribution in [0.1, 0.15) is 257 Å². The predicted octanol–water partition coefficient (Wildman–Crippen LogP) is 15.9. The van der Waals surface area contributed by atoms with E-state index in [4.69, 9.17) is 10.5 Å². The summed E-state index contributed by atoms with van der Waals surface area (Å²) < 4.78 is 9.34. The Bertz CT molecular complexity index is 1560. The highest BCUT2D eigenvalue weighted by Crippen LogP contribution is 2.14. The van der Waals surface area contributed by atoms with Gasteiger partial charge < -0.3 is 49.4 Å². The Morgan fingerprint density at radius 2 is 0.632 bits per heavy atom. The number of likely N-dealkylation sites (N-methyl/N-ethyl adjacent to an activating group) is 1. The lowest BCUT2D eigenvalue weighted by atomic mass is 10.1. The number of nitrogens with zero attached hydrogens (tertiary/aromatic N) is 11. The van der Waals surface area contributed by atoms with Crippen molar-refractivity contribution in [1.29, 1.82) is 0 Å². The molecule has 0 saturated carbocycles. The van der Waals surface area contributed by atoms with Crippen LogP contribution in [0.3, 0.4) is 0 Å². The van der Waals surface area contributed by atoms with Gasteiger partial charge in [-0.15, -0.1) is 0 Å². The van der Waals surface area contributed by atoms with Crippen LogP contribution in [-0.4, -0.2) is 234 Å². The van der Waals surface area contributed by atoms with E-state index in [-0.39, 0.29) is 37.1 Å². The molecule has 7 aliphatic heterocycles. The minimum Gasteiger partial charge on any atom is -0.382 e. The maximum atomic E-state index is 5.38. The molecule has 0 radical (unpaired) electrons. The molecule has 9 heterocycles. The summed E-state index contributed by atoms with van der Waals surface area (Å²) in [6.45, 7) is 64.8. The van der Waals surface area contributed by atoms with Gasteiger partial charge in [-0.25, -0.2) is 4.98 Å². The maximum Gasteiger partial charge on any atom is 0.141 e. The van der Waals surface area contributed by atoms with Gasteiger partial charge in [-0.05, 0) is 267 Å². The van der Waals surface area contributed by atoms with Gasteiger partial charge in [0.25, 0.3) is 0 Å². The van der Waals surface area contributed by atoms with Crippen molar-refractivity contribution in [1.82, 2.24) is 58.6 Å². The number of hydrogen-bond donors (Lipinski definition) is 2. The number of piperidine rings is 2. The molecule has 9 rings (SSSR count). The van der Waals surface area contributed by atoms with E-state index in [1.54, 1.807) is 6.33 Å². The molecule has 0 bridgehead atoms. The number of imidazole rings is 1. The molecule has 0 aliphatic carbocycles. The Kier molecular flexibility index (Phi) is 62.2. The second-order valence-corrected chi connectivity index (χ2v) is 26.7. The number of piperazine rings is 1. The summed E-state index contributed by atoms with van der Waals surface area (Å²) in [6.07, 6.45) is 26.1. The van der Waals surface area contributed by atoms with Gasteiger partial charge in [-0.3, -0.25) is 14.7 Å². The number of anilines is 1. The van der Waals surface area contributed by atoms with Gasteiger partial charge in [0.05, 0.1) is 19.5 Å². The van der Waals surface area contributed by atoms with Crippen LogP contribution in [0.15, 0.2) is 37.1 Å². The summed E-state index contributed by atoms with van der Waals surface area (Å²) in [5.74, 6) is 0.587. The zero-order chi connectivity index (χ0) is 61.2. The first-order chi connectivity index (χ1) is 39.0. The lowest BCUT2D eigenvalue weighted by Crippen LogP contribution is -2.47. The van der Waals surface area contributed by atoms with E-state index in [1.165, 1.54) is 182 Å². The van der Waals surface area contributed by atoms with Crippen LogP contribution in [0.25, 0.3) is 0 Å². The highest BCUT2D eigenvalue weighted by Gasteiger charge is 2.17. The molecule has 7 aliphatic rings. The van der Waals surface area contributed by atoms with Gasteiger partial charge in [-0.1, -0.05) is 62.8 Å². The normalized spacial score (nSPS) is 19.4. The molecule has 2 aromatic heterocycles. The van der Waals surface area contributed by atoms with Crippen LogP contribution in [0.5, 0.6) is 0 Å². The Balaban J connectivity index is -0.000000288. The largest absolute Gasteiger partial charge is 0.382 e. The summed E-state index contributed by atoms with van der Waals surface area (Å²) in [4.78, 5) is 24.0. The second kappa shape index (κ2) is 57.8. The maximum absolute atomic E-state index is 5.38. The standard InChI is InChI=1S/C9H19N.2C8H18N2.2C8H17N.C7H15NO.C7H15N.C7H11N.C6H11N3.5CH4/c1-9(2)10-7-5-3-4-6-8-10;1-8(2)10-6-4-9(3)5-7-10;1-8(2)10-6-3-4-9-5-7-10;2*1-8(2)9-6-4-3-5-7-9;1-7(2)8-3-5-9-6-4-8;2*1-7(2)8-5-3-4-6-8;1-5(2)9-3-6(7)8-4-9;;;;;/h9H,3-8H2,1-2H3;8H,4-7H2,1-3H3;8-9H,3-7H2,1-2H3;2*8H,3-7H2,1-2H3;7H,3-6H2,1-2H3;7H,3-6H2,1-2H3;3-7H,1-2H3;3-5H,7H2,1-2H3;5*1H4. The molecule has 87 heavy (non-hydrogen) atoms. The molecule has 3 N–H and O–H groups in total. The van der Waals surface area contributed by atoms with Crippen molar-refractivity contribution in [3.63, 3.8) is 0 Å². The van der Waals surface area contributed by atoms with Crippen molar-refractivity contribution >= 4 is 5.82 Å². The molecule has 0 unspecified atom stereocenters. The average Bonchev–Trinajstić information content (AvgIpc) is 4.30. The lowest BCUT2D eigenvalue weighted by molar-refractivity contribution is 0.0238. The van der Waals surface area contributed by atoms with Crippen molar-refractivity contribution in [3.8, 4) is 0 Å². The fourth-order valence-electron chi connectivity index (χ4n) is 10.9. The highest BCUT2D eigenvalue weighted by molar-refractivity contribution is 5.22. The number of ether oxygens (including phenoxy) is 1. The van der Waals surface area contributed by atoms with E-state index in [2.05, 4.69) is 198 Å². The summed E-state index contributed by atoms with van der Waals surface area (Å²) in [6, 6.07) is 10.4. The predicted molar refractivity (Wildman–Crippen MR) is 394 cm³/mol. The van der Waals surface area contributed by atoms with Crippen molar-refractivity contribution in [2.75, 3.05) is 144 Å². The quantitative estimate of drug-likeness (QED) is 0.250. The SMILES string of the molecule is C.C.C.C.C.CC(C)N1CCCC1.CC(C)N1CCCCC1.CC(C)N1CCCCC1.CC(C)N1CCCCCC1.CC(C)N1CCCNCC1.CC(C)N1CCN(C)CC1.CC(C)N1CCOCC1.CC(C)n1cccc1.CC(C)n1cnc(N)c1. The van der Waals surface area contributed by atoms with Crippen LogP contribution in [0, 0.1) is 0 Å². The molecule has 14 heteroatoms. The first kappa shape index (κ1) is 93.6. The summed E-state index contributed by atoms with van der Waals surface area (Å²) >= 11 is 0.